The van der Waals surface area contributed by atoms with Crippen molar-refractivity contribution in [1.82, 2.24) is 4.57 Å². The molecule has 0 heterocycles. The minimum absolute atomic E-state index is 0.226. The average Bonchev–Trinajstić information content (AvgIpc) is 2.53. The molecule has 0 amide bonds. The van der Waals surface area contributed by atoms with Gasteiger partial charge in [0.05, 0.1) is 6.04 Å². The van der Waals surface area contributed by atoms with Crippen molar-refractivity contribution in [2.45, 2.75) is 59.3 Å². The van der Waals surface area contributed by atoms with E-state index in [-0.39, 0.29) is 5.54 Å². The molecule has 1 aromatic rings. The summed E-state index contributed by atoms with van der Waals surface area (Å²) in [6, 6.07) is 9.42. The molecule has 1 aliphatic carbocycles. The lowest BCUT2D eigenvalue weighted by Gasteiger charge is -2.44. The molecule has 1 nitrogen and oxygen atoms in total. The van der Waals surface area contributed by atoms with Crippen LogP contribution in [0.25, 0.3) is 5.57 Å². The predicted molar refractivity (Wildman–Crippen MR) is 87.9 cm³/mol. The van der Waals surface area contributed by atoms with Crippen LogP contribution in [0.3, 0.4) is 0 Å². The Kier molecular flexibility index (Phi) is 3.76. The quantitative estimate of drug-likeness (QED) is 0.711. The first-order chi connectivity index (χ1) is 8.75. The number of hydrogen-bond acceptors (Lipinski definition) is 1. The fourth-order valence-electron chi connectivity index (χ4n) is 3.55. The van der Waals surface area contributed by atoms with E-state index in [1.165, 1.54) is 22.3 Å². The summed E-state index contributed by atoms with van der Waals surface area (Å²) < 4.78 is 2.78. The van der Waals surface area contributed by atoms with Gasteiger partial charge in [-0.15, -0.1) is 0 Å². The van der Waals surface area contributed by atoms with Crippen molar-refractivity contribution in [2.75, 3.05) is 0 Å². The van der Waals surface area contributed by atoms with E-state index in [4.69, 9.17) is 0 Å². The lowest BCUT2D eigenvalue weighted by Crippen LogP contribution is -2.50. The molecule has 1 aromatic carbocycles. The molecule has 0 fully saturated rings. The highest BCUT2D eigenvalue weighted by molar-refractivity contribution is 6.53. The van der Waals surface area contributed by atoms with Gasteiger partial charge in [-0.1, -0.05) is 37.4 Å². The monoisotopic (exact) mass is 273 g/mol. The van der Waals surface area contributed by atoms with E-state index in [0.717, 1.165) is 0 Å². The van der Waals surface area contributed by atoms with E-state index in [0.29, 0.717) is 6.04 Å². The second-order valence-corrected chi connectivity index (χ2v) is 9.71. The number of benzene rings is 1. The van der Waals surface area contributed by atoms with Crippen molar-refractivity contribution in [3.8, 4) is 0 Å². The molecule has 0 saturated carbocycles. The Morgan fingerprint density at radius 2 is 1.63 bits per heavy atom. The molecule has 0 bridgehead atoms. The van der Waals surface area contributed by atoms with Gasteiger partial charge in [0.25, 0.3) is 0 Å². The van der Waals surface area contributed by atoms with Crippen molar-refractivity contribution in [3.63, 3.8) is 0 Å². The molecule has 1 atom stereocenters. The summed E-state index contributed by atoms with van der Waals surface area (Å²) in [6.45, 7) is 16.5. The standard InChI is InChI=1S/C17H27NSi/c1-12-13(2)16(15-11-9-8-10-14(12)15)18(19(6)7)17(3,4)5/h8-11,16,19H,1-7H3. The van der Waals surface area contributed by atoms with Gasteiger partial charge >= 0.3 is 0 Å². The third kappa shape index (κ3) is 2.44. The van der Waals surface area contributed by atoms with E-state index < -0.39 is 8.96 Å². The maximum Gasteiger partial charge on any atom is 0.107 e. The molecule has 2 heteroatoms. The van der Waals surface area contributed by atoms with Gasteiger partial charge in [0, 0.05) is 5.54 Å². The number of nitrogens with zero attached hydrogens (tertiary/aromatic N) is 1. The number of rotatable bonds is 2. The van der Waals surface area contributed by atoms with Gasteiger partial charge in [-0.2, -0.15) is 0 Å². The summed E-state index contributed by atoms with van der Waals surface area (Å²) in [4.78, 5) is 0. The van der Waals surface area contributed by atoms with Crippen LogP contribution in [0.5, 0.6) is 0 Å². The third-order valence-corrected chi connectivity index (χ3v) is 6.46. The molecule has 0 aromatic heterocycles. The fraction of sp³-hybridized carbons (Fsp3) is 0.529. The van der Waals surface area contributed by atoms with E-state index in [1.54, 1.807) is 0 Å². The first kappa shape index (κ1) is 14.5. The van der Waals surface area contributed by atoms with Crippen LogP contribution in [-0.2, 0) is 0 Å². The Morgan fingerprint density at radius 1 is 1.05 bits per heavy atom. The highest BCUT2D eigenvalue weighted by Crippen LogP contribution is 2.45. The summed E-state index contributed by atoms with van der Waals surface area (Å²) in [5, 5.41) is 0. The Balaban J connectivity index is 2.56. The third-order valence-electron chi connectivity index (χ3n) is 4.27. The molecule has 0 aliphatic heterocycles. The van der Waals surface area contributed by atoms with Crippen LogP contribution in [-0.4, -0.2) is 19.1 Å². The first-order valence-corrected chi connectivity index (χ1v) is 10.1. The fourth-order valence-corrected chi connectivity index (χ4v) is 6.08. The van der Waals surface area contributed by atoms with Gasteiger partial charge in [0.15, 0.2) is 0 Å². The topological polar surface area (TPSA) is 3.24 Å². The average molecular weight is 273 g/mol. The van der Waals surface area contributed by atoms with Gasteiger partial charge < -0.3 is 4.57 Å². The zero-order chi connectivity index (χ0) is 14.4. The zero-order valence-electron chi connectivity index (χ0n) is 13.4. The lowest BCUT2D eigenvalue weighted by atomic mass is 10.00. The second-order valence-electron chi connectivity index (χ2n) is 6.97. The van der Waals surface area contributed by atoms with Crippen LogP contribution in [0.2, 0.25) is 13.1 Å². The summed E-state index contributed by atoms with van der Waals surface area (Å²) in [7, 11) is -0.889. The zero-order valence-corrected chi connectivity index (χ0v) is 14.6. The Hall–Kier alpha value is -0.863. The van der Waals surface area contributed by atoms with Crippen LogP contribution < -0.4 is 0 Å². The predicted octanol–water partition coefficient (Wildman–Crippen LogP) is 4.62. The molecule has 0 saturated heterocycles. The summed E-state index contributed by atoms with van der Waals surface area (Å²) in [5.41, 5.74) is 6.20. The number of fused-ring (bicyclic) bond motifs is 1. The Bertz CT molecular complexity index is 508. The molecule has 1 unspecified atom stereocenters. The Labute approximate surface area is 120 Å². The molecular weight excluding hydrogens is 246 g/mol. The van der Waals surface area contributed by atoms with Crippen molar-refractivity contribution in [2.24, 2.45) is 0 Å². The van der Waals surface area contributed by atoms with Crippen LogP contribution in [0.1, 0.15) is 51.8 Å². The highest BCUT2D eigenvalue weighted by atomic mass is 28.3. The van der Waals surface area contributed by atoms with Gasteiger partial charge in [-0.25, -0.2) is 0 Å². The van der Waals surface area contributed by atoms with Gasteiger partial charge in [0.1, 0.15) is 8.96 Å². The van der Waals surface area contributed by atoms with Crippen LogP contribution in [0.15, 0.2) is 29.8 Å². The highest BCUT2D eigenvalue weighted by Gasteiger charge is 2.37. The lowest BCUT2D eigenvalue weighted by molar-refractivity contribution is 0.209. The van der Waals surface area contributed by atoms with Crippen molar-refractivity contribution in [1.29, 1.82) is 0 Å². The number of allylic oxidation sites excluding steroid dienone is 1. The van der Waals surface area contributed by atoms with E-state index in [1.807, 2.05) is 0 Å². The minimum atomic E-state index is -0.889. The van der Waals surface area contributed by atoms with Gasteiger partial charge in [-0.05, 0) is 56.9 Å². The maximum absolute atomic E-state index is 2.78. The summed E-state index contributed by atoms with van der Waals surface area (Å²) in [5.74, 6) is 0. The maximum atomic E-state index is 2.78. The van der Waals surface area contributed by atoms with E-state index in [9.17, 15) is 0 Å². The summed E-state index contributed by atoms with van der Waals surface area (Å²) >= 11 is 0. The molecular formula is C17H27NSi. The smallest absolute Gasteiger partial charge is 0.107 e. The largest absolute Gasteiger partial charge is 0.312 e. The summed E-state index contributed by atoms with van der Waals surface area (Å²) in [6.07, 6.45) is 0. The second kappa shape index (κ2) is 4.91. The molecule has 2 rings (SSSR count). The van der Waals surface area contributed by atoms with E-state index >= 15 is 0 Å². The molecule has 104 valence electrons. The van der Waals surface area contributed by atoms with Gasteiger partial charge in [0.2, 0.25) is 0 Å². The normalized spacial score (nSPS) is 19.5. The molecule has 0 N–H and O–H groups in total. The molecule has 0 radical (unpaired) electrons. The Morgan fingerprint density at radius 3 is 2.16 bits per heavy atom. The SMILES string of the molecule is CC1=C(C)C(N([SiH](C)C)C(C)(C)C)c2ccccc21. The molecule has 1 aliphatic rings. The first-order valence-electron chi connectivity index (χ1n) is 7.30. The minimum Gasteiger partial charge on any atom is -0.312 e. The van der Waals surface area contributed by atoms with Crippen molar-refractivity contribution >= 4 is 14.5 Å². The van der Waals surface area contributed by atoms with Crippen molar-refractivity contribution < 1.29 is 0 Å². The van der Waals surface area contributed by atoms with Crippen LogP contribution >= 0.6 is 0 Å². The van der Waals surface area contributed by atoms with Gasteiger partial charge in [-0.3, -0.25) is 0 Å². The molecule has 0 spiro atoms. The van der Waals surface area contributed by atoms with Crippen LogP contribution in [0, 0.1) is 0 Å². The van der Waals surface area contributed by atoms with E-state index in [2.05, 4.69) is 76.5 Å². The number of hydrogen-bond donors (Lipinski definition) is 0. The van der Waals surface area contributed by atoms with Crippen LogP contribution in [0.4, 0.5) is 0 Å². The van der Waals surface area contributed by atoms with Crippen molar-refractivity contribution in [3.05, 3.63) is 41.0 Å². The molecule has 19 heavy (non-hydrogen) atoms.